The summed E-state index contributed by atoms with van der Waals surface area (Å²) in [5.41, 5.74) is 3.04. The van der Waals surface area contributed by atoms with Crippen molar-refractivity contribution in [3.8, 4) is 11.1 Å². The molecule has 2 aliphatic heterocycles. The van der Waals surface area contributed by atoms with Crippen molar-refractivity contribution < 1.29 is 14.3 Å². The number of ketones is 2. The minimum absolute atomic E-state index is 0.0899. The molecule has 3 nitrogen and oxygen atoms in total. The maximum atomic E-state index is 13.1. The summed E-state index contributed by atoms with van der Waals surface area (Å²) in [6.45, 7) is 3.87. The van der Waals surface area contributed by atoms with Crippen LogP contribution in [0.25, 0.3) is 11.1 Å². The van der Waals surface area contributed by atoms with Gasteiger partial charge in [0.2, 0.25) is 0 Å². The molecule has 2 aromatic rings. The van der Waals surface area contributed by atoms with E-state index in [0.29, 0.717) is 17.9 Å². The standard InChI is InChI=1S/C22H21ClO3/c1-3-13-4-5-15(14-6-8-16(23)9-7-14)12-17(13)19-20(24)18-10-11-22(2,26-18)21(19)25/h4-9,12,18-19H,3,10-11H2,1-2H3/t18-,19?,22+/m0/s1. The van der Waals surface area contributed by atoms with Crippen LogP contribution in [0.15, 0.2) is 42.5 Å². The van der Waals surface area contributed by atoms with E-state index in [1.807, 2.05) is 56.3 Å². The molecular weight excluding hydrogens is 348 g/mol. The van der Waals surface area contributed by atoms with Gasteiger partial charge in [-0.15, -0.1) is 0 Å². The van der Waals surface area contributed by atoms with Crippen LogP contribution in [0.1, 0.15) is 43.7 Å². The summed E-state index contributed by atoms with van der Waals surface area (Å²) in [6, 6.07) is 13.6. The molecule has 26 heavy (non-hydrogen) atoms. The smallest absolute Gasteiger partial charge is 0.179 e. The molecule has 1 unspecified atom stereocenters. The number of benzene rings is 2. The number of aryl methyl sites for hydroxylation is 1. The van der Waals surface area contributed by atoms with Crippen molar-refractivity contribution in [2.75, 3.05) is 0 Å². The van der Waals surface area contributed by atoms with Gasteiger partial charge < -0.3 is 4.74 Å². The lowest BCUT2D eigenvalue weighted by molar-refractivity contribution is -0.160. The number of rotatable bonds is 3. The number of carbonyl (C=O) groups excluding carboxylic acids is 2. The van der Waals surface area contributed by atoms with Crippen molar-refractivity contribution in [1.82, 2.24) is 0 Å². The van der Waals surface area contributed by atoms with Crippen LogP contribution in [0.3, 0.4) is 0 Å². The van der Waals surface area contributed by atoms with E-state index >= 15 is 0 Å². The third kappa shape index (κ3) is 2.70. The highest BCUT2D eigenvalue weighted by Crippen LogP contribution is 2.44. The fourth-order valence-electron chi connectivity index (χ4n) is 4.14. The summed E-state index contributed by atoms with van der Waals surface area (Å²) in [6.07, 6.45) is 1.58. The van der Waals surface area contributed by atoms with E-state index in [1.54, 1.807) is 0 Å². The van der Waals surface area contributed by atoms with E-state index in [9.17, 15) is 9.59 Å². The molecule has 0 aromatic heterocycles. The Bertz CT molecular complexity index is 887. The van der Waals surface area contributed by atoms with Gasteiger partial charge >= 0.3 is 0 Å². The molecule has 2 saturated heterocycles. The van der Waals surface area contributed by atoms with E-state index < -0.39 is 17.6 Å². The molecule has 0 amide bonds. The van der Waals surface area contributed by atoms with Crippen molar-refractivity contribution in [2.45, 2.75) is 50.7 Å². The Labute approximate surface area is 158 Å². The van der Waals surface area contributed by atoms with E-state index in [4.69, 9.17) is 16.3 Å². The van der Waals surface area contributed by atoms with Gasteiger partial charge in [-0.2, -0.15) is 0 Å². The van der Waals surface area contributed by atoms with Crippen molar-refractivity contribution in [3.05, 3.63) is 58.6 Å². The van der Waals surface area contributed by atoms with Crippen LogP contribution in [-0.2, 0) is 20.7 Å². The molecule has 4 rings (SSSR count). The molecule has 0 radical (unpaired) electrons. The maximum Gasteiger partial charge on any atom is 0.179 e. The fourth-order valence-corrected chi connectivity index (χ4v) is 4.27. The van der Waals surface area contributed by atoms with E-state index in [-0.39, 0.29) is 11.6 Å². The Morgan fingerprint density at radius 3 is 2.50 bits per heavy atom. The Kier molecular flexibility index (Phi) is 4.25. The minimum Gasteiger partial charge on any atom is -0.356 e. The first-order valence-corrected chi connectivity index (χ1v) is 9.45. The molecule has 3 atom stereocenters. The first-order chi connectivity index (χ1) is 12.4. The second-order valence-corrected chi connectivity index (χ2v) is 7.79. The average molecular weight is 369 g/mol. The topological polar surface area (TPSA) is 43.4 Å². The average Bonchev–Trinajstić information content (AvgIpc) is 3.02. The maximum absolute atomic E-state index is 13.1. The SMILES string of the molecule is CCc1ccc(-c2ccc(Cl)cc2)cc1C1C(=O)[C@@H]2CC[C@@](C)(O2)C1=O. The van der Waals surface area contributed by atoms with Gasteiger partial charge in [-0.1, -0.05) is 42.8 Å². The van der Waals surface area contributed by atoms with Crippen molar-refractivity contribution >= 4 is 23.2 Å². The number of fused-ring (bicyclic) bond motifs is 2. The lowest BCUT2D eigenvalue weighted by Gasteiger charge is -2.34. The highest BCUT2D eigenvalue weighted by Gasteiger charge is 2.55. The van der Waals surface area contributed by atoms with E-state index in [2.05, 4.69) is 0 Å². The van der Waals surface area contributed by atoms with Crippen LogP contribution in [0.5, 0.6) is 0 Å². The monoisotopic (exact) mass is 368 g/mol. The number of carbonyl (C=O) groups is 2. The number of Topliss-reactive ketones (excluding diaryl/α,β-unsaturated/α-hetero) is 2. The molecule has 2 aromatic carbocycles. The quantitative estimate of drug-likeness (QED) is 0.735. The third-order valence-electron chi connectivity index (χ3n) is 5.69. The molecule has 2 heterocycles. The fraction of sp³-hybridized carbons (Fsp3) is 0.364. The van der Waals surface area contributed by atoms with E-state index in [1.165, 1.54) is 0 Å². The summed E-state index contributed by atoms with van der Waals surface area (Å²) in [7, 11) is 0. The molecule has 134 valence electrons. The van der Waals surface area contributed by atoms with Gasteiger partial charge in [-0.3, -0.25) is 9.59 Å². The third-order valence-corrected chi connectivity index (χ3v) is 5.94. The van der Waals surface area contributed by atoms with Gasteiger partial charge in [0.1, 0.15) is 17.6 Å². The molecule has 2 bridgehead atoms. The highest BCUT2D eigenvalue weighted by molar-refractivity contribution is 6.30. The lowest BCUT2D eigenvalue weighted by atomic mass is 9.78. The summed E-state index contributed by atoms with van der Waals surface area (Å²) in [4.78, 5) is 26.0. The van der Waals surface area contributed by atoms with Crippen LogP contribution in [0.2, 0.25) is 5.02 Å². The lowest BCUT2D eigenvalue weighted by Crippen LogP contribution is -2.49. The van der Waals surface area contributed by atoms with Crippen LogP contribution >= 0.6 is 11.6 Å². The van der Waals surface area contributed by atoms with Crippen LogP contribution in [0, 0.1) is 0 Å². The molecule has 0 aliphatic carbocycles. The number of hydrogen-bond donors (Lipinski definition) is 0. The van der Waals surface area contributed by atoms with Gasteiger partial charge in [0.25, 0.3) is 0 Å². The van der Waals surface area contributed by atoms with Gasteiger partial charge in [0.15, 0.2) is 11.6 Å². The minimum atomic E-state index is -0.829. The van der Waals surface area contributed by atoms with E-state index in [0.717, 1.165) is 28.7 Å². The molecule has 0 spiro atoms. The normalized spacial score (nSPS) is 27.8. The molecule has 0 N–H and O–H groups in total. The zero-order chi connectivity index (χ0) is 18.5. The predicted molar refractivity (Wildman–Crippen MR) is 102 cm³/mol. The van der Waals surface area contributed by atoms with Crippen LogP contribution < -0.4 is 0 Å². The number of ether oxygens (including phenoxy) is 1. The molecule has 0 saturated carbocycles. The van der Waals surface area contributed by atoms with Crippen LogP contribution in [0.4, 0.5) is 0 Å². The van der Waals surface area contributed by atoms with Crippen molar-refractivity contribution in [2.24, 2.45) is 0 Å². The highest BCUT2D eigenvalue weighted by atomic mass is 35.5. The second kappa shape index (κ2) is 6.33. The first-order valence-electron chi connectivity index (χ1n) is 9.07. The Balaban J connectivity index is 1.82. The van der Waals surface area contributed by atoms with Crippen LogP contribution in [-0.4, -0.2) is 23.3 Å². The predicted octanol–water partition coefficient (Wildman–Crippen LogP) is 4.74. The zero-order valence-corrected chi connectivity index (χ0v) is 15.7. The van der Waals surface area contributed by atoms with Gasteiger partial charge in [0, 0.05) is 5.02 Å². The summed E-state index contributed by atoms with van der Waals surface area (Å²) >= 11 is 5.99. The Morgan fingerprint density at radius 1 is 1.12 bits per heavy atom. The molecule has 2 fully saturated rings. The Hall–Kier alpha value is -1.97. The van der Waals surface area contributed by atoms with Crippen molar-refractivity contribution in [3.63, 3.8) is 0 Å². The summed E-state index contributed by atoms with van der Waals surface area (Å²) in [5, 5.41) is 0.679. The van der Waals surface area contributed by atoms with Gasteiger partial charge in [-0.25, -0.2) is 0 Å². The van der Waals surface area contributed by atoms with Crippen molar-refractivity contribution in [1.29, 1.82) is 0 Å². The summed E-state index contributed by atoms with van der Waals surface area (Å²) in [5.74, 6) is -0.907. The molecule has 4 heteroatoms. The summed E-state index contributed by atoms with van der Waals surface area (Å²) < 4.78 is 5.75. The molecule has 2 aliphatic rings. The second-order valence-electron chi connectivity index (χ2n) is 7.35. The number of hydrogen-bond acceptors (Lipinski definition) is 3. The van der Waals surface area contributed by atoms with Gasteiger partial charge in [-0.05, 0) is 66.6 Å². The number of halogens is 1. The Morgan fingerprint density at radius 2 is 1.81 bits per heavy atom. The van der Waals surface area contributed by atoms with Gasteiger partial charge in [0.05, 0.1) is 0 Å². The first kappa shape index (κ1) is 17.4. The zero-order valence-electron chi connectivity index (χ0n) is 14.9. The largest absolute Gasteiger partial charge is 0.356 e. The molecular formula is C22H21ClO3.